The number of nitrogen functional groups attached to an aromatic ring is 1. The molecule has 4 aromatic rings. The van der Waals surface area contributed by atoms with Gasteiger partial charge in [-0.3, -0.25) is 10.2 Å². The summed E-state index contributed by atoms with van der Waals surface area (Å²) in [5, 5.41) is 10.3. The van der Waals surface area contributed by atoms with E-state index in [9.17, 15) is 9.18 Å². The van der Waals surface area contributed by atoms with Crippen LogP contribution in [0.25, 0.3) is 22.1 Å². The van der Waals surface area contributed by atoms with E-state index in [0.29, 0.717) is 47.8 Å². The van der Waals surface area contributed by atoms with Gasteiger partial charge in [0.2, 0.25) is 5.91 Å². The van der Waals surface area contributed by atoms with Gasteiger partial charge in [-0.05, 0) is 36.4 Å². The van der Waals surface area contributed by atoms with Crippen molar-refractivity contribution in [3.8, 4) is 0 Å². The van der Waals surface area contributed by atoms with E-state index in [-0.39, 0.29) is 17.6 Å². The number of carbonyl (C=O) groups excluding carboxylic acids is 1. The van der Waals surface area contributed by atoms with Gasteiger partial charge in [-0.1, -0.05) is 0 Å². The van der Waals surface area contributed by atoms with E-state index in [2.05, 4.69) is 20.3 Å². The average Bonchev–Trinajstić information content (AvgIpc) is 3.21. The summed E-state index contributed by atoms with van der Waals surface area (Å²) >= 11 is 0. The quantitative estimate of drug-likeness (QED) is 0.295. The van der Waals surface area contributed by atoms with Gasteiger partial charge in [0.1, 0.15) is 23.3 Å². The third-order valence-corrected chi connectivity index (χ3v) is 4.67. The molecule has 29 heavy (non-hydrogen) atoms. The van der Waals surface area contributed by atoms with Crippen molar-refractivity contribution >= 4 is 33.8 Å². The zero-order valence-corrected chi connectivity index (χ0v) is 15.8. The van der Waals surface area contributed by atoms with Gasteiger partial charge in [-0.15, -0.1) is 0 Å². The highest BCUT2D eigenvalue weighted by Gasteiger charge is 2.14. The Balaban J connectivity index is 1.70. The number of imidazole rings is 2. The number of aromatic amines is 1. The van der Waals surface area contributed by atoms with Crippen molar-refractivity contribution in [2.24, 2.45) is 5.73 Å². The summed E-state index contributed by atoms with van der Waals surface area (Å²) in [6.45, 7) is 2.33. The number of H-pyrrole nitrogens is 1. The predicted molar refractivity (Wildman–Crippen MR) is 108 cm³/mol. The van der Waals surface area contributed by atoms with Crippen LogP contribution in [0.4, 0.5) is 4.39 Å². The molecule has 0 saturated carbocycles. The Morgan fingerprint density at radius 3 is 2.79 bits per heavy atom. The number of carbonyl (C=O) groups is 1. The van der Waals surface area contributed by atoms with Gasteiger partial charge in [0.05, 0.1) is 28.5 Å². The van der Waals surface area contributed by atoms with Crippen LogP contribution in [0.1, 0.15) is 24.1 Å². The number of benzene rings is 2. The van der Waals surface area contributed by atoms with Crippen LogP contribution in [0.5, 0.6) is 0 Å². The maximum atomic E-state index is 13.8. The lowest BCUT2D eigenvalue weighted by molar-refractivity contribution is -0.118. The van der Waals surface area contributed by atoms with E-state index in [4.69, 9.17) is 11.1 Å². The minimum atomic E-state index is -0.342. The smallest absolute Gasteiger partial charge is 0.216 e. The zero-order valence-electron chi connectivity index (χ0n) is 15.8. The fourth-order valence-corrected chi connectivity index (χ4v) is 3.34. The molecule has 0 unspecified atom stereocenters. The maximum absolute atomic E-state index is 13.8. The molecule has 0 saturated heterocycles. The number of hydrogen-bond acceptors (Lipinski definition) is 4. The molecule has 0 aliphatic carbocycles. The van der Waals surface area contributed by atoms with Gasteiger partial charge in [0.15, 0.2) is 0 Å². The predicted octanol–water partition coefficient (Wildman–Crippen LogP) is 2.06. The molecule has 0 fully saturated rings. The van der Waals surface area contributed by atoms with E-state index >= 15 is 0 Å². The minimum Gasteiger partial charge on any atom is -0.384 e. The lowest BCUT2D eigenvalue weighted by atomic mass is 10.2. The Kier molecular flexibility index (Phi) is 4.71. The normalized spacial score (nSPS) is 11.2. The molecular formula is C20H20FN7O. The second-order valence-corrected chi connectivity index (χ2v) is 6.80. The van der Waals surface area contributed by atoms with Crippen molar-refractivity contribution in [2.45, 2.75) is 19.9 Å². The average molecular weight is 393 g/mol. The minimum absolute atomic E-state index is 0.00941. The second-order valence-electron chi connectivity index (χ2n) is 6.80. The van der Waals surface area contributed by atoms with Crippen molar-refractivity contribution in [2.75, 3.05) is 6.54 Å². The van der Waals surface area contributed by atoms with Crippen LogP contribution in [-0.4, -0.2) is 37.8 Å². The highest BCUT2D eigenvalue weighted by molar-refractivity contribution is 5.97. The summed E-state index contributed by atoms with van der Waals surface area (Å²) in [6, 6.07) is 9.80. The number of rotatable bonds is 6. The first-order valence-corrected chi connectivity index (χ1v) is 9.13. The second kappa shape index (κ2) is 7.34. The van der Waals surface area contributed by atoms with E-state index in [1.54, 1.807) is 24.3 Å². The van der Waals surface area contributed by atoms with Crippen LogP contribution in [0.3, 0.4) is 0 Å². The molecule has 1 amide bonds. The lowest BCUT2D eigenvalue weighted by Crippen LogP contribution is -2.25. The largest absolute Gasteiger partial charge is 0.384 e. The highest BCUT2D eigenvalue weighted by Crippen LogP contribution is 2.21. The molecule has 2 heterocycles. The van der Waals surface area contributed by atoms with Crippen molar-refractivity contribution < 1.29 is 9.18 Å². The van der Waals surface area contributed by atoms with E-state index < -0.39 is 0 Å². The first-order valence-electron chi connectivity index (χ1n) is 9.13. The highest BCUT2D eigenvalue weighted by atomic mass is 19.1. The van der Waals surface area contributed by atoms with Crippen molar-refractivity contribution in [1.82, 2.24) is 24.8 Å². The summed E-state index contributed by atoms with van der Waals surface area (Å²) in [6.07, 6.45) is 0.403. The fraction of sp³-hybridized carbons (Fsp3) is 0.200. The molecule has 0 aliphatic heterocycles. The van der Waals surface area contributed by atoms with Crippen LogP contribution in [-0.2, 0) is 17.8 Å². The molecule has 5 N–H and O–H groups in total. The number of fused-ring (bicyclic) bond motifs is 2. The molecule has 2 aromatic carbocycles. The maximum Gasteiger partial charge on any atom is 0.216 e. The Morgan fingerprint density at radius 1 is 1.24 bits per heavy atom. The van der Waals surface area contributed by atoms with Gasteiger partial charge in [0, 0.05) is 25.6 Å². The summed E-state index contributed by atoms with van der Waals surface area (Å²) in [5.41, 5.74) is 9.05. The Labute approximate surface area is 165 Å². The number of aromatic nitrogens is 4. The summed E-state index contributed by atoms with van der Waals surface area (Å²) in [7, 11) is 0. The number of nitrogens with two attached hydrogens (primary N) is 1. The van der Waals surface area contributed by atoms with Crippen LogP contribution >= 0.6 is 0 Å². The molecular weight excluding hydrogens is 373 g/mol. The van der Waals surface area contributed by atoms with Crippen LogP contribution in [0.2, 0.25) is 0 Å². The molecule has 0 bridgehead atoms. The van der Waals surface area contributed by atoms with Crippen LogP contribution in [0.15, 0.2) is 36.4 Å². The van der Waals surface area contributed by atoms with Gasteiger partial charge >= 0.3 is 0 Å². The Morgan fingerprint density at radius 2 is 2.03 bits per heavy atom. The standard InChI is InChI=1S/C20H20FN7O/c1-11(29)24-6-7-28-17-9-13(21)3-5-15(17)27-19(28)10-18-25-14-4-2-12(20(22)23)8-16(14)26-18/h2-5,8-9H,6-7,10H2,1H3,(H3,22,23)(H,24,29)(H,25,26). The summed E-state index contributed by atoms with van der Waals surface area (Å²) < 4.78 is 15.7. The molecule has 0 atom stereocenters. The first kappa shape index (κ1) is 18.6. The number of hydrogen-bond donors (Lipinski definition) is 4. The number of amidine groups is 1. The third kappa shape index (κ3) is 3.79. The molecule has 8 nitrogen and oxygen atoms in total. The van der Waals surface area contributed by atoms with E-state index in [1.165, 1.54) is 19.1 Å². The summed E-state index contributed by atoms with van der Waals surface area (Å²) in [4.78, 5) is 23.7. The number of nitrogens with one attached hydrogen (secondary N) is 3. The van der Waals surface area contributed by atoms with Gasteiger partial charge in [0.25, 0.3) is 0 Å². The van der Waals surface area contributed by atoms with Crippen molar-refractivity contribution in [3.05, 3.63) is 59.4 Å². The Hall–Kier alpha value is -3.75. The molecule has 2 aromatic heterocycles. The molecule has 4 rings (SSSR count). The van der Waals surface area contributed by atoms with Crippen molar-refractivity contribution in [1.29, 1.82) is 5.41 Å². The molecule has 148 valence electrons. The fourth-order valence-electron chi connectivity index (χ4n) is 3.34. The SMILES string of the molecule is CC(=O)NCCn1c(Cc2nc3ccc(C(=N)N)cc3[nH]2)nc2ccc(F)cc21. The first-order chi connectivity index (χ1) is 13.9. The monoisotopic (exact) mass is 393 g/mol. The molecule has 0 radical (unpaired) electrons. The van der Waals surface area contributed by atoms with Gasteiger partial charge < -0.3 is 20.6 Å². The van der Waals surface area contributed by atoms with E-state index in [0.717, 1.165) is 11.0 Å². The number of nitrogens with zero attached hydrogens (tertiary/aromatic N) is 3. The Bertz CT molecular complexity index is 1240. The third-order valence-electron chi connectivity index (χ3n) is 4.67. The zero-order chi connectivity index (χ0) is 20.5. The topological polar surface area (TPSA) is 125 Å². The van der Waals surface area contributed by atoms with Crippen LogP contribution in [0, 0.1) is 11.2 Å². The van der Waals surface area contributed by atoms with Gasteiger partial charge in [-0.25, -0.2) is 14.4 Å². The van der Waals surface area contributed by atoms with Crippen LogP contribution < -0.4 is 11.1 Å². The van der Waals surface area contributed by atoms with Gasteiger partial charge in [-0.2, -0.15) is 0 Å². The van der Waals surface area contributed by atoms with E-state index in [1.807, 2.05) is 4.57 Å². The number of halogens is 1. The molecule has 9 heteroatoms. The molecule has 0 aliphatic rings. The summed E-state index contributed by atoms with van der Waals surface area (Å²) in [5.74, 6) is 0.926. The molecule has 0 spiro atoms. The van der Waals surface area contributed by atoms with Crippen molar-refractivity contribution in [3.63, 3.8) is 0 Å². The lowest BCUT2D eigenvalue weighted by Gasteiger charge is -2.09. The number of amides is 1.